The minimum Gasteiger partial charge on any atom is -0.366 e. The van der Waals surface area contributed by atoms with Crippen LogP contribution in [-0.4, -0.2) is 5.91 Å². The van der Waals surface area contributed by atoms with E-state index in [-0.39, 0.29) is 11.3 Å². The van der Waals surface area contributed by atoms with Crippen molar-refractivity contribution >= 4 is 16.7 Å². The molecule has 1 saturated carbocycles. The predicted octanol–water partition coefficient (Wildman–Crippen LogP) is 4.33. The molecule has 114 valence electrons. The van der Waals surface area contributed by atoms with Gasteiger partial charge in [-0.05, 0) is 47.7 Å². The van der Waals surface area contributed by atoms with E-state index in [1.165, 1.54) is 21.9 Å². The molecule has 1 aliphatic carbocycles. The zero-order chi connectivity index (χ0) is 16.0. The Hall–Kier alpha value is -2.61. The lowest BCUT2D eigenvalue weighted by Crippen LogP contribution is -2.19. The van der Waals surface area contributed by atoms with E-state index >= 15 is 0 Å². The SMILES string of the molecule is Cc1cc(C2(c3ccccc3C(N)=O)CC2)c2ccccc2c1. The first-order valence-electron chi connectivity index (χ1n) is 8.01. The number of fused-ring (bicyclic) bond motifs is 1. The molecule has 0 atom stereocenters. The highest BCUT2D eigenvalue weighted by Crippen LogP contribution is 2.56. The smallest absolute Gasteiger partial charge is 0.249 e. The normalized spacial score (nSPS) is 15.5. The summed E-state index contributed by atoms with van der Waals surface area (Å²) in [6.07, 6.45) is 2.12. The zero-order valence-electron chi connectivity index (χ0n) is 13.2. The summed E-state index contributed by atoms with van der Waals surface area (Å²) < 4.78 is 0. The third-order valence-electron chi connectivity index (χ3n) is 4.98. The van der Waals surface area contributed by atoms with Crippen LogP contribution in [0.25, 0.3) is 10.8 Å². The van der Waals surface area contributed by atoms with Crippen LogP contribution in [0.2, 0.25) is 0 Å². The van der Waals surface area contributed by atoms with Gasteiger partial charge in [0.2, 0.25) is 5.91 Å². The average molecular weight is 301 g/mol. The standard InChI is InChI=1S/C21H19NO/c1-14-12-15-6-2-3-7-16(15)19(13-14)21(10-11-21)18-9-5-4-8-17(18)20(22)23/h2-9,12-13H,10-11H2,1H3,(H2,22,23). The zero-order valence-corrected chi connectivity index (χ0v) is 13.2. The van der Waals surface area contributed by atoms with Gasteiger partial charge in [0.1, 0.15) is 0 Å². The van der Waals surface area contributed by atoms with Crippen LogP contribution in [0.5, 0.6) is 0 Å². The Balaban J connectivity index is 2.00. The van der Waals surface area contributed by atoms with Crippen LogP contribution in [-0.2, 0) is 5.41 Å². The summed E-state index contributed by atoms with van der Waals surface area (Å²) in [5, 5.41) is 2.53. The van der Waals surface area contributed by atoms with E-state index in [0.717, 1.165) is 18.4 Å². The van der Waals surface area contributed by atoms with Gasteiger partial charge in [0.05, 0.1) is 0 Å². The quantitative estimate of drug-likeness (QED) is 0.769. The third kappa shape index (κ3) is 2.14. The van der Waals surface area contributed by atoms with Crippen LogP contribution in [0.4, 0.5) is 0 Å². The van der Waals surface area contributed by atoms with Crippen molar-refractivity contribution in [2.24, 2.45) is 5.73 Å². The van der Waals surface area contributed by atoms with Gasteiger partial charge in [0.25, 0.3) is 0 Å². The molecule has 0 bridgehead atoms. The molecule has 2 nitrogen and oxygen atoms in total. The molecule has 23 heavy (non-hydrogen) atoms. The number of hydrogen-bond donors (Lipinski definition) is 1. The molecular formula is C21H19NO. The summed E-state index contributed by atoms with van der Waals surface area (Å²) >= 11 is 0. The molecule has 0 aromatic heterocycles. The fourth-order valence-corrected chi connectivity index (χ4v) is 3.78. The molecule has 0 saturated heterocycles. The molecule has 2 N–H and O–H groups in total. The molecule has 1 aliphatic rings. The minimum atomic E-state index is -0.344. The number of carbonyl (C=O) groups is 1. The van der Waals surface area contributed by atoms with Gasteiger partial charge in [-0.1, -0.05) is 60.2 Å². The molecule has 0 spiro atoms. The number of nitrogens with two attached hydrogens (primary N) is 1. The first-order chi connectivity index (χ1) is 11.1. The first-order valence-corrected chi connectivity index (χ1v) is 8.01. The van der Waals surface area contributed by atoms with Crippen molar-refractivity contribution in [3.8, 4) is 0 Å². The van der Waals surface area contributed by atoms with Gasteiger partial charge in [-0.2, -0.15) is 0 Å². The van der Waals surface area contributed by atoms with Crippen LogP contribution in [0.1, 0.15) is 39.9 Å². The molecule has 2 heteroatoms. The van der Waals surface area contributed by atoms with Gasteiger partial charge in [-0.15, -0.1) is 0 Å². The Bertz CT molecular complexity index is 922. The minimum absolute atomic E-state index is 0.0722. The highest BCUT2D eigenvalue weighted by atomic mass is 16.1. The van der Waals surface area contributed by atoms with Crippen molar-refractivity contribution in [2.75, 3.05) is 0 Å². The van der Waals surface area contributed by atoms with Crippen LogP contribution in [0, 0.1) is 6.92 Å². The fourth-order valence-electron chi connectivity index (χ4n) is 3.78. The van der Waals surface area contributed by atoms with Crippen molar-refractivity contribution in [2.45, 2.75) is 25.2 Å². The molecule has 0 unspecified atom stereocenters. The Morgan fingerprint density at radius 1 is 0.957 bits per heavy atom. The summed E-state index contributed by atoms with van der Waals surface area (Å²) in [4.78, 5) is 11.9. The molecule has 4 rings (SSSR count). The van der Waals surface area contributed by atoms with Crippen molar-refractivity contribution in [3.05, 3.63) is 82.9 Å². The van der Waals surface area contributed by atoms with Crippen molar-refractivity contribution in [1.29, 1.82) is 0 Å². The van der Waals surface area contributed by atoms with Gasteiger partial charge in [-0.3, -0.25) is 4.79 Å². The van der Waals surface area contributed by atoms with Crippen molar-refractivity contribution in [3.63, 3.8) is 0 Å². The van der Waals surface area contributed by atoms with E-state index in [1.807, 2.05) is 18.2 Å². The molecule has 3 aromatic carbocycles. The Morgan fingerprint density at radius 2 is 1.65 bits per heavy atom. The Morgan fingerprint density at radius 3 is 2.39 bits per heavy atom. The van der Waals surface area contributed by atoms with Crippen LogP contribution >= 0.6 is 0 Å². The molecule has 0 radical (unpaired) electrons. The number of rotatable bonds is 3. The average Bonchev–Trinajstić information content (AvgIpc) is 3.35. The second-order valence-corrected chi connectivity index (χ2v) is 6.53. The maximum Gasteiger partial charge on any atom is 0.249 e. The van der Waals surface area contributed by atoms with Crippen LogP contribution in [0.15, 0.2) is 60.7 Å². The summed E-state index contributed by atoms with van der Waals surface area (Å²) in [6, 6.07) is 20.8. The van der Waals surface area contributed by atoms with Gasteiger partial charge >= 0.3 is 0 Å². The molecule has 3 aromatic rings. The lowest BCUT2D eigenvalue weighted by Gasteiger charge is -2.22. The monoisotopic (exact) mass is 301 g/mol. The van der Waals surface area contributed by atoms with Crippen molar-refractivity contribution in [1.82, 2.24) is 0 Å². The molecule has 1 amide bonds. The second-order valence-electron chi connectivity index (χ2n) is 6.53. The summed E-state index contributed by atoms with van der Waals surface area (Å²) in [5.74, 6) is -0.344. The maximum absolute atomic E-state index is 11.9. The first kappa shape index (κ1) is 14.0. The molecular weight excluding hydrogens is 282 g/mol. The largest absolute Gasteiger partial charge is 0.366 e. The van der Waals surface area contributed by atoms with E-state index in [4.69, 9.17) is 5.73 Å². The number of benzene rings is 3. The van der Waals surface area contributed by atoms with Crippen LogP contribution in [0.3, 0.4) is 0 Å². The second kappa shape index (κ2) is 4.95. The summed E-state index contributed by atoms with van der Waals surface area (Å²) in [7, 11) is 0. The van der Waals surface area contributed by atoms with E-state index in [9.17, 15) is 4.79 Å². The van der Waals surface area contributed by atoms with Crippen molar-refractivity contribution < 1.29 is 4.79 Å². The third-order valence-corrected chi connectivity index (χ3v) is 4.98. The Labute approximate surface area is 135 Å². The topological polar surface area (TPSA) is 43.1 Å². The molecule has 1 fully saturated rings. The fraction of sp³-hybridized carbons (Fsp3) is 0.190. The van der Waals surface area contributed by atoms with Gasteiger partial charge in [0.15, 0.2) is 0 Å². The lowest BCUT2D eigenvalue weighted by molar-refractivity contribution is 0.0999. The van der Waals surface area contributed by atoms with Crippen LogP contribution < -0.4 is 5.73 Å². The number of hydrogen-bond acceptors (Lipinski definition) is 1. The maximum atomic E-state index is 11.9. The number of amides is 1. The van der Waals surface area contributed by atoms with Gasteiger partial charge in [-0.25, -0.2) is 0 Å². The Kier molecular flexibility index (Phi) is 3.02. The van der Waals surface area contributed by atoms with E-state index in [0.29, 0.717) is 5.56 Å². The molecule has 0 aliphatic heterocycles. The highest BCUT2D eigenvalue weighted by molar-refractivity contribution is 5.96. The van der Waals surface area contributed by atoms with Gasteiger partial charge < -0.3 is 5.73 Å². The summed E-state index contributed by atoms with van der Waals surface area (Å²) in [5.41, 5.74) is 9.84. The van der Waals surface area contributed by atoms with E-state index < -0.39 is 0 Å². The lowest BCUT2D eigenvalue weighted by atomic mass is 9.81. The number of aryl methyl sites for hydroxylation is 1. The van der Waals surface area contributed by atoms with E-state index in [1.54, 1.807) is 0 Å². The molecule has 0 heterocycles. The number of primary amides is 1. The van der Waals surface area contributed by atoms with Gasteiger partial charge in [0, 0.05) is 11.0 Å². The predicted molar refractivity (Wildman–Crippen MR) is 93.7 cm³/mol. The van der Waals surface area contributed by atoms with E-state index in [2.05, 4.69) is 49.4 Å². The number of carbonyl (C=O) groups excluding carboxylic acids is 1. The highest BCUT2D eigenvalue weighted by Gasteiger charge is 2.48. The summed E-state index contributed by atoms with van der Waals surface area (Å²) in [6.45, 7) is 2.13.